The number of carbonyl (C=O) groups is 1. The van der Waals surface area contributed by atoms with E-state index in [0.29, 0.717) is 5.56 Å². The maximum Gasteiger partial charge on any atom is 0.267 e. The lowest BCUT2D eigenvalue weighted by Crippen LogP contribution is -2.31. The van der Waals surface area contributed by atoms with Crippen LogP contribution >= 0.6 is 0 Å². The van der Waals surface area contributed by atoms with Crippen molar-refractivity contribution in [2.75, 3.05) is 25.0 Å². The number of pyridine rings is 1. The number of nitrogens with zero attached hydrogens (tertiary/aromatic N) is 2. The monoisotopic (exact) mass is 362 g/mol. The van der Waals surface area contributed by atoms with Gasteiger partial charge in [0.05, 0.1) is 0 Å². The zero-order chi connectivity index (χ0) is 18.4. The second kappa shape index (κ2) is 9.09. The van der Waals surface area contributed by atoms with Gasteiger partial charge in [0.2, 0.25) is 0 Å². The number of hydroxylamine groups is 1. The Morgan fingerprint density at radius 3 is 2.88 bits per heavy atom. The van der Waals surface area contributed by atoms with E-state index in [-0.39, 0.29) is 11.9 Å². The van der Waals surface area contributed by atoms with Gasteiger partial charge in [-0.3, -0.25) is 10.0 Å². The van der Waals surface area contributed by atoms with Crippen LogP contribution in [0, 0.1) is 11.7 Å². The Morgan fingerprint density at radius 2 is 2.15 bits per heavy atom. The molecule has 142 valence electrons. The standard InChI is InChI=1S/C19H27FN4O2/c20-17-10-15(6-7-18(25)23-26)11-21-19(17)22-16-8-9-24(13-16)12-14-4-2-1-3-5-14/h6-7,10-11,14,16,26H,1-5,8-9,12-13H2,(H,21,22)(H,23,25)/t16-/m1/s1. The van der Waals surface area contributed by atoms with Crippen molar-refractivity contribution in [2.24, 2.45) is 5.92 Å². The maximum atomic E-state index is 14.3. The third-order valence-corrected chi connectivity index (χ3v) is 5.25. The molecule has 1 atom stereocenters. The van der Waals surface area contributed by atoms with Crippen molar-refractivity contribution in [2.45, 2.75) is 44.6 Å². The highest BCUT2D eigenvalue weighted by atomic mass is 19.1. The van der Waals surface area contributed by atoms with E-state index in [4.69, 9.17) is 5.21 Å². The van der Waals surface area contributed by atoms with Crippen LogP contribution in [0.4, 0.5) is 10.2 Å². The van der Waals surface area contributed by atoms with Gasteiger partial charge in [0.25, 0.3) is 5.91 Å². The van der Waals surface area contributed by atoms with E-state index in [9.17, 15) is 9.18 Å². The first-order chi connectivity index (χ1) is 12.6. The molecule has 1 amide bonds. The van der Waals surface area contributed by atoms with E-state index in [1.54, 1.807) is 0 Å². The third-order valence-electron chi connectivity index (χ3n) is 5.25. The summed E-state index contributed by atoms with van der Waals surface area (Å²) < 4.78 is 14.3. The highest BCUT2D eigenvalue weighted by Gasteiger charge is 2.26. The van der Waals surface area contributed by atoms with E-state index in [1.807, 2.05) is 0 Å². The average molecular weight is 362 g/mol. The van der Waals surface area contributed by atoms with Gasteiger partial charge in [0, 0.05) is 37.9 Å². The predicted molar refractivity (Wildman–Crippen MR) is 98.2 cm³/mol. The summed E-state index contributed by atoms with van der Waals surface area (Å²) in [6.07, 6.45) is 11.8. The molecular formula is C19H27FN4O2. The Labute approximate surface area is 153 Å². The molecule has 0 unspecified atom stereocenters. The van der Waals surface area contributed by atoms with Gasteiger partial charge in [-0.25, -0.2) is 14.9 Å². The number of amides is 1. The highest BCUT2D eigenvalue weighted by molar-refractivity contribution is 5.90. The molecule has 2 heterocycles. The summed E-state index contributed by atoms with van der Waals surface area (Å²) >= 11 is 0. The minimum absolute atomic E-state index is 0.210. The summed E-state index contributed by atoms with van der Waals surface area (Å²) in [6.45, 7) is 3.13. The molecule has 1 saturated carbocycles. The molecule has 0 bridgehead atoms. The van der Waals surface area contributed by atoms with E-state index < -0.39 is 11.7 Å². The highest BCUT2D eigenvalue weighted by Crippen LogP contribution is 2.26. The van der Waals surface area contributed by atoms with Gasteiger partial charge in [0.15, 0.2) is 11.6 Å². The normalized spacial score (nSPS) is 22.0. The maximum absolute atomic E-state index is 14.3. The first kappa shape index (κ1) is 18.8. The van der Waals surface area contributed by atoms with E-state index in [1.165, 1.54) is 55.9 Å². The minimum atomic E-state index is -0.670. The molecule has 6 nitrogen and oxygen atoms in total. The van der Waals surface area contributed by atoms with Crippen LogP contribution < -0.4 is 10.8 Å². The molecule has 0 aromatic carbocycles. The first-order valence-electron chi connectivity index (χ1n) is 9.40. The molecule has 7 heteroatoms. The largest absolute Gasteiger partial charge is 0.364 e. The summed E-state index contributed by atoms with van der Waals surface area (Å²) in [6, 6.07) is 1.53. The molecule has 1 aromatic rings. The van der Waals surface area contributed by atoms with Gasteiger partial charge >= 0.3 is 0 Å². The molecule has 3 rings (SSSR count). The number of halogens is 1. The predicted octanol–water partition coefficient (Wildman–Crippen LogP) is 2.81. The SMILES string of the molecule is O=C(C=Cc1cnc(N[C@@H]2CCN(CC3CCCCC3)C2)c(F)c1)NO. The minimum Gasteiger partial charge on any atom is -0.364 e. The van der Waals surface area contributed by atoms with Gasteiger partial charge in [-0.2, -0.15) is 0 Å². The fourth-order valence-electron chi connectivity index (χ4n) is 3.90. The molecule has 2 fully saturated rings. The second-order valence-corrected chi connectivity index (χ2v) is 7.30. The van der Waals surface area contributed by atoms with Gasteiger partial charge in [-0.05, 0) is 42.9 Å². The fraction of sp³-hybridized carbons (Fsp3) is 0.579. The van der Waals surface area contributed by atoms with Gasteiger partial charge in [0.1, 0.15) is 0 Å². The molecule has 2 aliphatic rings. The summed E-state index contributed by atoms with van der Waals surface area (Å²) in [5, 5.41) is 11.6. The van der Waals surface area contributed by atoms with Crippen molar-refractivity contribution < 1.29 is 14.4 Å². The Kier molecular flexibility index (Phi) is 6.57. The van der Waals surface area contributed by atoms with Crippen molar-refractivity contribution in [3.8, 4) is 0 Å². The van der Waals surface area contributed by atoms with Crippen LogP contribution in [-0.2, 0) is 4.79 Å². The number of likely N-dealkylation sites (tertiary alicyclic amines) is 1. The molecule has 3 N–H and O–H groups in total. The molecule has 1 aromatic heterocycles. The lowest BCUT2D eigenvalue weighted by atomic mass is 9.89. The summed E-state index contributed by atoms with van der Waals surface area (Å²) in [5.41, 5.74) is 1.95. The van der Waals surface area contributed by atoms with Crippen LogP contribution in [0.15, 0.2) is 18.3 Å². The molecule has 0 spiro atoms. The zero-order valence-electron chi connectivity index (χ0n) is 15.0. The van der Waals surface area contributed by atoms with Crippen LogP contribution in [0.25, 0.3) is 6.08 Å². The number of aromatic nitrogens is 1. The Balaban J connectivity index is 1.51. The van der Waals surface area contributed by atoms with E-state index in [2.05, 4.69) is 15.2 Å². The van der Waals surface area contributed by atoms with Crippen molar-refractivity contribution >= 4 is 17.8 Å². The van der Waals surface area contributed by atoms with E-state index in [0.717, 1.165) is 38.0 Å². The third kappa shape index (κ3) is 5.25. The molecule has 0 radical (unpaired) electrons. The summed E-state index contributed by atoms with van der Waals surface area (Å²) in [5.74, 6) is -0.0447. The summed E-state index contributed by atoms with van der Waals surface area (Å²) in [4.78, 5) is 17.6. The zero-order valence-corrected chi connectivity index (χ0v) is 15.0. The van der Waals surface area contributed by atoms with Gasteiger partial charge in [-0.1, -0.05) is 19.3 Å². The quantitative estimate of drug-likeness (QED) is 0.412. The van der Waals surface area contributed by atoms with Gasteiger partial charge in [-0.15, -0.1) is 0 Å². The molecule has 1 saturated heterocycles. The van der Waals surface area contributed by atoms with Crippen LogP contribution in [0.2, 0.25) is 0 Å². The molecule has 1 aliphatic heterocycles. The number of rotatable bonds is 6. The number of nitrogens with one attached hydrogen (secondary N) is 2. The second-order valence-electron chi connectivity index (χ2n) is 7.30. The van der Waals surface area contributed by atoms with Gasteiger partial charge < -0.3 is 10.2 Å². The number of hydrogen-bond acceptors (Lipinski definition) is 5. The number of anilines is 1. The lowest BCUT2D eigenvalue weighted by Gasteiger charge is -2.26. The number of hydrogen-bond donors (Lipinski definition) is 3. The molecule has 1 aliphatic carbocycles. The van der Waals surface area contributed by atoms with Crippen LogP contribution in [0.5, 0.6) is 0 Å². The Hall–Kier alpha value is -1.99. The van der Waals surface area contributed by atoms with Crippen molar-refractivity contribution in [1.29, 1.82) is 0 Å². The molecular weight excluding hydrogens is 335 g/mol. The smallest absolute Gasteiger partial charge is 0.267 e. The summed E-state index contributed by atoms with van der Waals surface area (Å²) in [7, 11) is 0. The lowest BCUT2D eigenvalue weighted by molar-refractivity contribution is -0.124. The topological polar surface area (TPSA) is 77.5 Å². The van der Waals surface area contributed by atoms with Crippen molar-refractivity contribution in [3.05, 3.63) is 29.7 Å². The Bertz CT molecular complexity index is 646. The van der Waals surface area contributed by atoms with E-state index >= 15 is 0 Å². The first-order valence-corrected chi connectivity index (χ1v) is 9.40. The molecule has 26 heavy (non-hydrogen) atoms. The van der Waals surface area contributed by atoms with Crippen molar-refractivity contribution in [1.82, 2.24) is 15.4 Å². The fourth-order valence-corrected chi connectivity index (χ4v) is 3.90. The number of carbonyl (C=O) groups excluding carboxylic acids is 1. The van der Waals surface area contributed by atoms with Crippen LogP contribution in [0.3, 0.4) is 0 Å². The van der Waals surface area contributed by atoms with Crippen LogP contribution in [-0.4, -0.2) is 46.7 Å². The average Bonchev–Trinajstić information content (AvgIpc) is 3.09. The van der Waals surface area contributed by atoms with Crippen molar-refractivity contribution in [3.63, 3.8) is 0 Å². The Morgan fingerprint density at radius 1 is 1.35 bits per heavy atom. The van der Waals surface area contributed by atoms with Crippen LogP contribution in [0.1, 0.15) is 44.1 Å².